The van der Waals surface area contributed by atoms with E-state index in [0.29, 0.717) is 6.42 Å². The summed E-state index contributed by atoms with van der Waals surface area (Å²) in [7, 11) is -2.97. The second-order valence-corrected chi connectivity index (χ2v) is 6.11. The smallest absolute Gasteiger partial charge is 0.230 e. The highest BCUT2D eigenvalue weighted by Crippen LogP contribution is 2.30. The zero-order valence-electron chi connectivity index (χ0n) is 7.52. The zero-order valence-corrected chi connectivity index (χ0v) is 8.34. The summed E-state index contributed by atoms with van der Waals surface area (Å²) >= 11 is 0. The topological polar surface area (TPSA) is 80.3 Å². The Labute approximate surface area is 81.8 Å². The van der Waals surface area contributed by atoms with E-state index in [-0.39, 0.29) is 35.7 Å². The summed E-state index contributed by atoms with van der Waals surface area (Å²) in [6.07, 6.45) is 0.659. The Bertz CT molecular complexity index is 386. The van der Waals surface area contributed by atoms with Gasteiger partial charge in [0, 0.05) is 6.42 Å². The van der Waals surface area contributed by atoms with Crippen LogP contribution in [0.25, 0.3) is 0 Å². The van der Waals surface area contributed by atoms with Crippen LogP contribution in [0.15, 0.2) is 0 Å². The third-order valence-corrected chi connectivity index (χ3v) is 4.64. The van der Waals surface area contributed by atoms with E-state index in [2.05, 4.69) is 5.32 Å². The molecule has 0 radical (unpaired) electrons. The van der Waals surface area contributed by atoms with E-state index in [1.54, 1.807) is 0 Å². The van der Waals surface area contributed by atoms with Gasteiger partial charge in [-0.3, -0.25) is 14.9 Å². The van der Waals surface area contributed by atoms with E-state index in [1.807, 2.05) is 0 Å². The van der Waals surface area contributed by atoms with E-state index in [1.165, 1.54) is 0 Å². The highest BCUT2D eigenvalue weighted by molar-refractivity contribution is 7.91. The number of carbonyl (C=O) groups excluding carboxylic acids is 2. The predicted molar refractivity (Wildman–Crippen MR) is 48.0 cm³/mol. The van der Waals surface area contributed by atoms with Gasteiger partial charge < -0.3 is 0 Å². The Morgan fingerprint density at radius 1 is 1.29 bits per heavy atom. The Balaban J connectivity index is 2.11. The van der Waals surface area contributed by atoms with Crippen LogP contribution in [0.1, 0.15) is 12.8 Å². The molecule has 1 N–H and O–H groups in total. The molecule has 6 heteroatoms. The first kappa shape index (κ1) is 9.64. The van der Waals surface area contributed by atoms with Gasteiger partial charge >= 0.3 is 0 Å². The maximum Gasteiger partial charge on any atom is 0.230 e. The lowest BCUT2D eigenvalue weighted by Gasteiger charge is -2.11. The first-order valence-corrected chi connectivity index (χ1v) is 6.34. The summed E-state index contributed by atoms with van der Waals surface area (Å²) in [6, 6.07) is 0. The van der Waals surface area contributed by atoms with Crippen molar-refractivity contribution in [3.63, 3.8) is 0 Å². The summed E-state index contributed by atoms with van der Waals surface area (Å²) in [5, 5.41) is 2.20. The van der Waals surface area contributed by atoms with E-state index in [9.17, 15) is 18.0 Å². The first-order chi connectivity index (χ1) is 6.48. The van der Waals surface area contributed by atoms with Gasteiger partial charge in [-0.05, 0) is 12.3 Å². The van der Waals surface area contributed by atoms with Crippen LogP contribution in [0.2, 0.25) is 0 Å². The van der Waals surface area contributed by atoms with Crippen LogP contribution < -0.4 is 5.32 Å². The third kappa shape index (κ3) is 1.66. The van der Waals surface area contributed by atoms with Crippen molar-refractivity contribution in [1.29, 1.82) is 0 Å². The molecule has 2 atom stereocenters. The summed E-state index contributed by atoms with van der Waals surface area (Å²) < 4.78 is 22.3. The van der Waals surface area contributed by atoms with E-state index < -0.39 is 15.8 Å². The first-order valence-electron chi connectivity index (χ1n) is 4.52. The molecule has 0 saturated carbocycles. The lowest BCUT2D eigenvalue weighted by atomic mass is 9.90. The van der Waals surface area contributed by atoms with Gasteiger partial charge in [0.1, 0.15) is 0 Å². The van der Waals surface area contributed by atoms with Crippen molar-refractivity contribution in [2.45, 2.75) is 12.8 Å². The largest absolute Gasteiger partial charge is 0.296 e. The van der Waals surface area contributed by atoms with Gasteiger partial charge in [-0.1, -0.05) is 0 Å². The second kappa shape index (κ2) is 3.05. The molecule has 5 nitrogen and oxygen atoms in total. The van der Waals surface area contributed by atoms with Gasteiger partial charge in [-0.2, -0.15) is 0 Å². The van der Waals surface area contributed by atoms with E-state index >= 15 is 0 Å². The normalized spacial score (nSPS) is 36.0. The highest BCUT2D eigenvalue weighted by atomic mass is 32.2. The average molecular weight is 217 g/mol. The van der Waals surface area contributed by atoms with Crippen LogP contribution in [0.3, 0.4) is 0 Å². The Morgan fingerprint density at radius 2 is 2.00 bits per heavy atom. The molecule has 0 aliphatic carbocycles. The van der Waals surface area contributed by atoms with Crippen LogP contribution in [0.4, 0.5) is 0 Å². The molecule has 0 bridgehead atoms. The summed E-state index contributed by atoms with van der Waals surface area (Å²) in [6.45, 7) is 0. The maximum atomic E-state index is 11.3. The Morgan fingerprint density at radius 3 is 2.43 bits per heavy atom. The van der Waals surface area contributed by atoms with Crippen LogP contribution in [0, 0.1) is 11.8 Å². The molecule has 2 fully saturated rings. The zero-order chi connectivity index (χ0) is 10.3. The molecule has 2 aliphatic rings. The summed E-state index contributed by atoms with van der Waals surface area (Å²) in [5.41, 5.74) is 0. The Kier molecular flexibility index (Phi) is 2.10. The molecule has 2 unspecified atom stereocenters. The number of amides is 2. The number of sulfone groups is 1. The van der Waals surface area contributed by atoms with Crippen LogP contribution in [-0.2, 0) is 19.4 Å². The van der Waals surface area contributed by atoms with Gasteiger partial charge in [0.25, 0.3) is 0 Å². The minimum atomic E-state index is -2.97. The summed E-state index contributed by atoms with van der Waals surface area (Å²) in [5.74, 6) is -0.971. The van der Waals surface area contributed by atoms with Crippen molar-refractivity contribution in [3.8, 4) is 0 Å². The molecule has 2 saturated heterocycles. The van der Waals surface area contributed by atoms with Crippen LogP contribution in [0.5, 0.6) is 0 Å². The molecule has 2 rings (SSSR count). The molecule has 0 aromatic carbocycles. The predicted octanol–water partition coefficient (Wildman–Crippen LogP) is -0.916. The molecule has 2 aliphatic heterocycles. The molecular weight excluding hydrogens is 206 g/mol. The maximum absolute atomic E-state index is 11.3. The van der Waals surface area contributed by atoms with Gasteiger partial charge in [-0.15, -0.1) is 0 Å². The van der Waals surface area contributed by atoms with Gasteiger partial charge in [0.05, 0.1) is 17.4 Å². The summed E-state index contributed by atoms with van der Waals surface area (Å²) in [4.78, 5) is 22.2. The monoisotopic (exact) mass is 217 g/mol. The van der Waals surface area contributed by atoms with Crippen LogP contribution >= 0.6 is 0 Å². The van der Waals surface area contributed by atoms with Gasteiger partial charge in [-0.25, -0.2) is 8.42 Å². The van der Waals surface area contributed by atoms with Gasteiger partial charge in [0.15, 0.2) is 9.84 Å². The minimum absolute atomic E-state index is 0.0539. The van der Waals surface area contributed by atoms with Crippen molar-refractivity contribution in [3.05, 3.63) is 0 Å². The average Bonchev–Trinajstić information content (AvgIpc) is 2.55. The van der Waals surface area contributed by atoms with Crippen molar-refractivity contribution in [1.82, 2.24) is 5.32 Å². The molecule has 0 spiro atoms. The molecule has 0 aromatic rings. The Hall–Kier alpha value is -0.910. The number of imide groups is 1. The van der Waals surface area contributed by atoms with E-state index in [4.69, 9.17) is 0 Å². The fourth-order valence-corrected chi connectivity index (χ4v) is 3.98. The quantitative estimate of drug-likeness (QED) is 0.576. The third-order valence-electron chi connectivity index (χ3n) is 2.84. The van der Waals surface area contributed by atoms with Crippen molar-refractivity contribution >= 4 is 21.7 Å². The number of hydrogen-bond donors (Lipinski definition) is 1. The lowest BCUT2D eigenvalue weighted by molar-refractivity contribution is -0.126. The number of rotatable bonds is 1. The number of nitrogens with one attached hydrogen (secondary N) is 1. The molecular formula is C8H11NO4S. The number of hydrogen-bond acceptors (Lipinski definition) is 4. The second-order valence-electron chi connectivity index (χ2n) is 3.89. The highest BCUT2D eigenvalue weighted by Gasteiger charge is 2.41. The molecule has 2 amide bonds. The van der Waals surface area contributed by atoms with Crippen molar-refractivity contribution < 1.29 is 18.0 Å². The minimum Gasteiger partial charge on any atom is -0.296 e. The molecule has 14 heavy (non-hydrogen) atoms. The molecule has 78 valence electrons. The number of carbonyl (C=O) groups is 2. The molecule has 0 aromatic heterocycles. The van der Waals surface area contributed by atoms with Crippen LogP contribution in [-0.4, -0.2) is 31.7 Å². The standard InChI is InChI=1S/C8H11NO4S/c10-7-3-6(8(11)9-7)5-1-2-14(12,13)4-5/h5-6H,1-4H2,(H,9,10,11). The van der Waals surface area contributed by atoms with Gasteiger partial charge in [0.2, 0.25) is 11.8 Å². The van der Waals surface area contributed by atoms with E-state index in [0.717, 1.165) is 0 Å². The lowest BCUT2D eigenvalue weighted by Crippen LogP contribution is -2.26. The fraction of sp³-hybridized carbons (Fsp3) is 0.750. The fourth-order valence-electron chi connectivity index (χ4n) is 2.10. The molecule has 2 heterocycles. The van der Waals surface area contributed by atoms with Crippen molar-refractivity contribution in [2.24, 2.45) is 11.8 Å². The SMILES string of the molecule is O=C1CC(C2CCS(=O)(=O)C2)C(=O)N1. The van der Waals surface area contributed by atoms with Crippen molar-refractivity contribution in [2.75, 3.05) is 11.5 Å².